The Morgan fingerprint density at radius 3 is 2.89 bits per heavy atom. The number of aryl methyl sites for hydroxylation is 2. The predicted molar refractivity (Wildman–Crippen MR) is 70.0 cm³/mol. The van der Waals surface area contributed by atoms with Crippen molar-refractivity contribution < 1.29 is 4.79 Å². The molecule has 0 atom stereocenters. The number of hydrogen-bond acceptors (Lipinski definition) is 4. The van der Waals surface area contributed by atoms with Crippen LogP contribution in [0.25, 0.3) is 11.2 Å². The van der Waals surface area contributed by atoms with Gasteiger partial charge < -0.3 is 10.6 Å². The van der Waals surface area contributed by atoms with Gasteiger partial charge >= 0.3 is 0 Å². The van der Waals surface area contributed by atoms with Crippen molar-refractivity contribution in [2.45, 2.75) is 19.9 Å². The fourth-order valence-electron chi connectivity index (χ4n) is 1.78. The number of fused-ring (bicyclic) bond motifs is 1. The minimum Gasteiger partial charge on any atom is -0.369 e. The molecule has 0 aliphatic carbocycles. The van der Waals surface area contributed by atoms with Gasteiger partial charge in [-0.25, -0.2) is 9.97 Å². The maximum absolute atomic E-state index is 11.6. The first-order chi connectivity index (χ1) is 8.49. The van der Waals surface area contributed by atoms with E-state index in [4.69, 9.17) is 5.73 Å². The van der Waals surface area contributed by atoms with Crippen molar-refractivity contribution in [2.24, 2.45) is 0 Å². The molecule has 2 aromatic rings. The molecule has 2 heterocycles. The number of pyridine rings is 1. The molecule has 0 aliphatic heterocycles. The number of amides is 1. The molecule has 0 bridgehead atoms. The summed E-state index contributed by atoms with van der Waals surface area (Å²) in [6.07, 6.45) is 2.16. The van der Waals surface area contributed by atoms with Crippen molar-refractivity contribution in [1.29, 1.82) is 0 Å². The van der Waals surface area contributed by atoms with Crippen LogP contribution in [0.3, 0.4) is 0 Å². The van der Waals surface area contributed by atoms with Crippen molar-refractivity contribution in [2.75, 3.05) is 19.8 Å². The van der Waals surface area contributed by atoms with Crippen LogP contribution >= 0.6 is 0 Å². The van der Waals surface area contributed by atoms with Crippen molar-refractivity contribution >= 4 is 23.0 Å². The van der Waals surface area contributed by atoms with Gasteiger partial charge in [0.1, 0.15) is 5.52 Å². The van der Waals surface area contributed by atoms with Gasteiger partial charge in [-0.2, -0.15) is 0 Å². The molecule has 0 aliphatic rings. The van der Waals surface area contributed by atoms with Gasteiger partial charge in [0.15, 0.2) is 5.65 Å². The summed E-state index contributed by atoms with van der Waals surface area (Å²) in [4.78, 5) is 21.7. The summed E-state index contributed by atoms with van der Waals surface area (Å²) in [5.41, 5.74) is 8.39. The monoisotopic (exact) mass is 247 g/mol. The van der Waals surface area contributed by atoms with Gasteiger partial charge in [0.25, 0.3) is 0 Å². The maximum atomic E-state index is 11.6. The summed E-state index contributed by atoms with van der Waals surface area (Å²) >= 11 is 0. The highest BCUT2D eigenvalue weighted by Gasteiger charge is 2.11. The van der Waals surface area contributed by atoms with Gasteiger partial charge in [-0.15, -0.1) is 0 Å². The van der Waals surface area contributed by atoms with E-state index in [0.717, 1.165) is 16.7 Å². The predicted octanol–water partition coefficient (Wildman–Crippen LogP) is 0.800. The lowest BCUT2D eigenvalue weighted by Crippen LogP contribution is -2.23. The standard InChI is InChI=1S/C12H17N5O/c1-8-6-9-11(14-7-8)17(12(13)15-9)5-4-10(18)16(2)3/h6-7H,4-5H2,1-3H3,(H2,13,15). The second-order valence-electron chi connectivity index (χ2n) is 4.52. The summed E-state index contributed by atoms with van der Waals surface area (Å²) < 4.78 is 1.77. The van der Waals surface area contributed by atoms with Crippen LogP contribution in [0.1, 0.15) is 12.0 Å². The van der Waals surface area contributed by atoms with E-state index >= 15 is 0 Å². The number of carbonyl (C=O) groups excluding carboxylic acids is 1. The van der Waals surface area contributed by atoms with Gasteiger partial charge in [-0.3, -0.25) is 9.36 Å². The van der Waals surface area contributed by atoms with E-state index in [1.165, 1.54) is 0 Å². The Bertz CT molecular complexity index is 587. The van der Waals surface area contributed by atoms with E-state index in [0.29, 0.717) is 18.9 Å². The summed E-state index contributed by atoms with van der Waals surface area (Å²) in [6.45, 7) is 2.45. The molecule has 96 valence electrons. The molecule has 0 spiro atoms. The molecular weight excluding hydrogens is 230 g/mol. The lowest BCUT2D eigenvalue weighted by atomic mass is 10.3. The smallest absolute Gasteiger partial charge is 0.223 e. The zero-order valence-electron chi connectivity index (χ0n) is 10.8. The molecule has 1 amide bonds. The Morgan fingerprint density at radius 1 is 1.50 bits per heavy atom. The van der Waals surface area contributed by atoms with Gasteiger partial charge in [0, 0.05) is 33.3 Å². The third-order valence-electron chi connectivity index (χ3n) is 2.80. The molecule has 0 unspecified atom stereocenters. The van der Waals surface area contributed by atoms with Crippen molar-refractivity contribution in [1.82, 2.24) is 19.4 Å². The van der Waals surface area contributed by atoms with E-state index in [2.05, 4.69) is 9.97 Å². The van der Waals surface area contributed by atoms with Gasteiger partial charge in [-0.05, 0) is 18.6 Å². The number of nitrogens with two attached hydrogens (primary N) is 1. The third-order valence-corrected chi connectivity index (χ3v) is 2.80. The Labute approximate surface area is 105 Å². The van der Waals surface area contributed by atoms with Gasteiger partial charge in [-0.1, -0.05) is 0 Å². The first-order valence-electron chi connectivity index (χ1n) is 5.77. The lowest BCUT2D eigenvalue weighted by molar-refractivity contribution is -0.128. The summed E-state index contributed by atoms with van der Waals surface area (Å²) in [5.74, 6) is 0.456. The summed E-state index contributed by atoms with van der Waals surface area (Å²) in [7, 11) is 3.47. The summed E-state index contributed by atoms with van der Waals surface area (Å²) in [5, 5.41) is 0. The fourth-order valence-corrected chi connectivity index (χ4v) is 1.78. The first-order valence-corrected chi connectivity index (χ1v) is 5.77. The molecule has 2 rings (SSSR count). The molecule has 2 aromatic heterocycles. The molecule has 0 saturated heterocycles. The molecule has 2 N–H and O–H groups in total. The minimum absolute atomic E-state index is 0.0587. The fraction of sp³-hybridized carbons (Fsp3) is 0.417. The largest absolute Gasteiger partial charge is 0.369 e. The molecule has 6 nitrogen and oxygen atoms in total. The molecule has 0 aromatic carbocycles. The van der Waals surface area contributed by atoms with E-state index in [1.54, 1.807) is 29.8 Å². The highest BCUT2D eigenvalue weighted by Crippen LogP contribution is 2.17. The quantitative estimate of drug-likeness (QED) is 0.870. The van der Waals surface area contributed by atoms with Gasteiger partial charge in [0.2, 0.25) is 11.9 Å². The number of nitrogens with zero attached hydrogens (tertiary/aromatic N) is 4. The number of aromatic nitrogens is 3. The van der Waals surface area contributed by atoms with E-state index in [-0.39, 0.29) is 5.91 Å². The number of rotatable bonds is 3. The zero-order valence-corrected chi connectivity index (χ0v) is 10.8. The lowest BCUT2D eigenvalue weighted by Gasteiger charge is -2.11. The van der Waals surface area contributed by atoms with Crippen molar-refractivity contribution in [3.63, 3.8) is 0 Å². The van der Waals surface area contributed by atoms with Crippen LogP contribution in [-0.2, 0) is 11.3 Å². The number of imidazole rings is 1. The van der Waals surface area contributed by atoms with Crippen LogP contribution in [0.5, 0.6) is 0 Å². The SMILES string of the molecule is Cc1cnc2c(c1)nc(N)n2CCC(=O)N(C)C. The topological polar surface area (TPSA) is 77.0 Å². The molecule has 0 fully saturated rings. The first kappa shape index (κ1) is 12.3. The normalized spacial score (nSPS) is 10.8. The second kappa shape index (κ2) is 4.64. The Morgan fingerprint density at radius 2 is 2.22 bits per heavy atom. The van der Waals surface area contributed by atoms with Crippen LogP contribution in [0.2, 0.25) is 0 Å². The van der Waals surface area contributed by atoms with Crippen LogP contribution in [0.15, 0.2) is 12.3 Å². The highest BCUT2D eigenvalue weighted by atomic mass is 16.2. The molecule has 6 heteroatoms. The van der Waals surface area contributed by atoms with Crippen molar-refractivity contribution in [3.05, 3.63) is 17.8 Å². The van der Waals surface area contributed by atoms with Gasteiger partial charge in [0.05, 0.1) is 0 Å². The van der Waals surface area contributed by atoms with E-state index in [9.17, 15) is 4.79 Å². The average molecular weight is 247 g/mol. The number of carbonyl (C=O) groups is 1. The van der Waals surface area contributed by atoms with Crippen LogP contribution in [-0.4, -0.2) is 39.4 Å². The Hall–Kier alpha value is -2.11. The van der Waals surface area contributed by atoms with Crippen molar-refractivity contribution in [3.8, 4) is 0 Å². The van der Waals surface area contributed by atoms with Crippen LogP contribution in [0.4, 0.5) is 5.95 Å². The maximum Gasteiger partial charge on any atom is 0.223 e. The zero-order chi connectivity index (χ0) is 13.3. The van der Waals surface area contributed by atoms with E-state index in [1.807, 2.05) is 13.0 Å². The minimum atomic E-state index is 0.0587. The van der Waals surface area contributed by atoms with Crippen LogP contribution < -0.4 is 5.73 Å². The highest BCUT2D eigenvalue weighted by molar-refractivity contribution is 5.77. The number of hydrogen-bond donors (Lipinski definition) is 1. The molecular formula is C12H17N5O. The molecule has 0 saturated carbocycles. The average Bonchev–Trinajstić information content (AvgIpc) is 2.60. The number of nitrogen functional groups attached to an aromatic ring is 1. The van der Waals surface area contributed by atoms with E-state index < -0.39 is 0 Å². The van der Waals surface area contributed by atoms with Crippen LogP contribution in [0, 0.1) is 6.92 Å². The Balaban J connectivity index is 2.28. The second-order valence-corrected chi connectivity index (χ2v) is 4.52. The summed E-state index contributed by atoms with van der Waals surface area (Å²) in [6, 6.07) is 1.93. The third kappa shape index (κ3) is 2.27. The Kier molecular flexibility index (Phi) is 3.18. The molecule has 18 heavy (non-hydrogen) atoms. The molecule has 0 radical (unpaired) electrons. The number of anilines is 1.